The lowest BCUT2D eigenvalue weighted by molar-refractivity contribution is 0.0962. The predicted octanol–water partition coefficient (Wildman–Crippen LogP) is 3.89. The molecular formula is C23H22N2O4. The van der Waals surface area contributed by atoms with Crippen LogP contribution in [0.15, 0.2) is 72.8 Å². The van der Waals surface area contributed by atoms with Gasteiger partial charge in [-0.15, -0.1) is 0 Å². The van der Waals surface area contributed by atoms with Crippen molar-refractivity contribution in [1.82, 2.24) is 5.32 Å². The predicted molar refractivity (Wildman–Crippen MR) is 112 cm³/mol. The van der Waals surface area contributed by atoms with Gasteiger partial charge < -0.3 is 20.1 Å². The van der Waals surface area contributed by atoms with Crippen molar-refractivity contribution in [1.29, 1.82) is 0 Å². The molecule has 0 spiro atoms. The van der Waals surface area contributed by atoms with Gasteiger partial charge in [0.1, 0.15) is 18.1 Å². The van der Waals surface area contributed by atoms with E-state index in [1.807, 2.05) is 30.3 Å². The SMILES string of the molecule is CNC(=O)c1ccc(NC(=O)c2ccc(OCc3ccccc3)cc2)c(OC)c1. The zero-order valence-electron chi connectivity index (χ0n) is 16.3. The van der Waals surface area contributed by atoms with Crippen molar-refractivity contribution in [3.63, 3.8) is 0 Å². The molecule has 0 aromatic heterocycles. The van der Waals surface area contributed by atoms with Crippen molar-refractivity contribution in [2.24, 2.45) is 0 Å². The first-order valence-electron chi connectivity index (χ1n) is 9.09. The minimum Gasteiger partial charge on any atom is -0.495 e. The van der Waals surface area contributed by atoms with Crippen molar-refractivity contribution in [3.05, 3.63) is 89.5 Å². The zero-order chi connectivity index (χ0) is 20.6. The Morgan fingerprint density at radius 2 is 1.55 bits per heavy atom. The molecule has 6 heteroatoms. The van der Waals surface area contributed by atoms with Crippen LogP contribution in [0.3, 0.4) is 0 Å². The number of hydrogen-bond acceptors (Lipinski definition) is 4. The van der Waals surface area contributed by atoms with Gasteiger partial charge in [-0.1, -0.05) is 30.3 Å². The Bertz CT molecular complexity index is 986. The molecular weight excluding hydrogens is 368 g/mol. The monoisotopic (exact) mass is 390 g/mol. The van der Waals surface area contributed by atoms with E-state index in [0.29, 0.717) is 34.9 Å². The summed E-state index contributed by atoms with van der Waals surface area (Å²) in [6.45, 7) is 0.460. The summed E-state index contributed by atoms with van der Waals surface area (Å²) < 4.78 is 11.0. The molecule has 0 saturated heterocycles. The fraction of sp³-hybridized carbons (Fsp3) is 0.130. The maximum absolute atomic E-state index is 12.6. The summed E-state index contributed by atoms with van der Waals surface area (Å²) in [5, 5.41) is 5.35. The van der Waals surface area contributed by atoms with E-state index < -0.39 is 0 Å². The summed E-state index contributed by atoms with van der Waals surface area (Å²) in [7, 11) is 3.04. The van der Waals surface area contributed by atoms with Gasteiger partial charge in [-0.2, -0.15) is 0 Å². The normalized spacial score (nSPS) is 10.1. The largest absolute Gasteiger partial charge is 0.495 e. The van der Waals surface area contributed by atoms with Gasteiger partial charge in [-0.3, -0.25) is 9.59 Å². The average Bonchev–Trinajstić information content (AvgIpc) is 2.78. The maximum atomic E-state index is 12.6. The number of ether oxygens (including phenoxy) is 2. The fourth-order valence-electron chi connectivity index (χ4n) is 2.72. The molecule has 0 radical (unpaired) electrons. The Balaban J connectivity index is 1.65. The molecule has 6 nitrogen and oxygen atoms in total. The van der Waals surface area contributed by atoms with Gasteiger partial charge in [0, 0.05) is 18.2 Å². The van der Waals surface area contributed by atoms with E-state index in [9.17, 15) is 9.59 Å². The second-order valence-electron chi connectivity index (χ2n) is 6.25. The number of anilines is 1. The van der Waals surface area contributed by atoms with E-state index in [0.717, 1.165) is 5.56 Å². The molecule has 2 amide bonds. The number of hydrogen-bond donors (Lipinski definition) is 2. The third-order valence-corrected chi connectivity index (χ3v) is 4.30. The minimum atomic E-state index is -0.286. The smallest absolute Gasteiger partial charge is 0.255 e. The Kier molecular flexibility index (Phi) is 6.47. The number of benzene rings is 3. The van der Waals surface area contributed by atoms with Crippen molar-refractivity contribution in [2.45, 2.75) is 6.61 Å². The van der Waals surface area contributed by atoms with Gasteiger partial charge in [-0.05, 0) is 48.0 Å². The molecule has 3 aromatic carbocycles. The van der Waals surface area contributed by atoms with Crippen molar-refractivity contribution < 1.29 is 19.1 Å². The molecule has 0 bridgehead atoms. The number of amides is 2. The topological polar surface area (TPSA) is 76.7 Å². The van der Waals surface area contributed by atoms with Gasteiger partial charge in [0.15, 0.2) is 0 Å². The summed E-state index contributed by atoms with van der Waals surface area (Å²) >= 11 is 0. The fourth-order valence-corrected chi connectivity index (χ4v) is 2.72. The zero-order valence-corrected chi connectivity index (χ0v) is 16.3. The molecule has 2 N–H and O–H groups in total. The van der Waals surface area contributed by atoms with Gasteiger partial charge in [0.25, 0.3) is 11.8 Å². The van der Waals surface area contributed by atoms with E-state index in [4.69, 9.17) is 9.47 Å². The second-order valence-corrected chi connectivity index (χ2v) is 6.25. The van der Waals surface area contributed by atoms with Crippen molar-refractivity contribution >= 4 is 17.5 Å². The number of methoxy groups -OCH3 is 1. The second kappa shape index (κ2) is 9.41. The summed E-state index contributed by atoms with van der Waals surface area (Å²) in [5.74, 6) is 0.568. The molecule has 29 heavy (non-hydrogen) atoms. The van der Waals surface area contributed by atoms with Crippen LogP contribution in [-0.4, -0.2) is 26.0 Å². The summed E-state index contributed by atoms with van der Waals surface area (Å²) in [5.41, 5.74) is 2.48. The molecule has 0 atom stereocenters. The number of nitrogens with one attached hydrogen (secondary N) is 2. The van der Waals surface area contributed by atoms with Crippen LogP contribution in [0.5, 0.6) is 11.5 Å². The highest BCUT2D eigenvalue weighted by atomic mass is 16.5. The Morgan fingerprint density at radius 1 is 0.862 bits per heavy atom. The van der Waals surface area contributed by atoms with Crippen LogP contribution in [-0.2, 0) is 6.61 Å². The molecule has 148 valence electrons. The lowest BCUT2D eigenvalue weighted by Gasteiger charge is -2.12. The van der Waals surface area contributed by atoms with Gasteiger partial charge in [0.2, 0.25) is 0 Å². The molecule has 0 saturated carbocycles. The Labute approximate surface area is 169 Å². The Hall–Kier alpha value is -3.80. The lowest BCUT2D eigenvalue weighted by atomic mass is 10.1. The molecule has 0 unspecified atom stereocenters. The first kappa shape index (κ1) is 19.9. The van der Waals surface area contributed by atoms with E-state index >= 15 is 0 Å². The first-order chi connectivity index (χ1) is 14.1. The molecule has 0 heterocycles. The van der Waals surface area contributed by atoms with Crippen LogP contribution in [0.4, 0.5) is 5.69 Å². The highest BCUT2D eigenvalue weighted by molar-refractivity contribution is 6.05. The molecule has 3 rings (SSSR count). The summed E-state index contributed by atoms with van der Waals surface area (Å²) in [6.07, 6.45) is 0. The van der Waals surface area contributed by atoms with E-state index in [1.54, 1.807) is 49.5 Å². The van der Waals surface area contributed by atoms with E-state index in [1.165, 1.54) is 7.11 Å². The third-order valence-electron chi connectivity index (χ3n) is 4.30. The highest BCUT2D eigenvalue weighted by Gasteiger charge is 2.13. The molecule has 0 aliphatic rings. The van der Waals surface area contributed by atoms with Gasteiger partial charge in [-0.25, -0.2) is 0 Å². The molecule has 0 fully saturated rings. The van der Waals surface area contributed by atoms with Crippen LogP contribution in [0.1, 0.15) is 26.3 Å². The first-order valence-corrected chi connectivity index (χ1v) is 9.09. The van der Waals surface area contributed by atoms with E-state index in [2.05, 4.69) is 10.6 Å². The lowest BCUT2D eigenvalue weighted by Crippen LogP contribution is -2.18. The number of rotatable bonds is 7. The molecule has 0 aliphatic heterocycles. The maximum Gasteiger partial charge on any atom is 0.255 e. The average molecular weight is 390 g/mol. The standard InChI is InChI=1S/C23H22N2O4/c1-24-22(26)18-10-13-20(21(14-18)28-2)25-23(27)17-8-11-19(12-9-17)29-15-16-6-4-3-5-7-16/h3-14H,15H2,1-2H3,(H,24,26)(H,25,27). The third kappa shape index (κ3) is 5.13. The van der Waals surface area contributed by atoms with Crippen molar-refractivity contribution in [3.8, 4) is 11.5 Å². The quantitative estimate of drug-likeness (QED) is 0.642. The van der Waals surface area contributed by atoms with E-state index in [-0.39, 0.29) is 11.8 Å². The van der Waals surface area contributed by atoms with Crippen LogP contribution in [0.25, 0.3) is 0 Å². The van der Waals surface area contributed by atoms with Crippen LogP contribution < -0.4 is 20.1 Å². The summed E-state index contributed by atoms with van der Waals surface area (Å²) in [6, 6.07) is 21.6. The van der Waals surface area contributed by atoms with Crippen molar-refractivity contribution in [2.75, 3.05) is 19.5 Å². The van der Waals surface area contributed by atoms with Crippen LogP contribution >= 0.6 is 0 Å². The molecule has 3 aromatic rings. The highest BCUT2D eigenvalue weighted by Crippen LogP contribution is 2.26. The van der Waals surface area contributed by atoms with Crippen LogP contribution in [0.2, 0.25) is 0 Å². The van der Waals surface area contributed by atoms with Crippen LogP contribution in [0, 0.1) is 0 Å². The number of carbonyl (C=O) groups excluding carboxylic acids is 2. The minimum absolute atomic E-state index is 0.229. The van der Waals surface area contributed by atoms with Gasteiger partial charge >= 0.3 is 0 Å². The molecule has 0 aliphatic carbocycles. The summed E-state index contributed by atoms with van der Waals surface area (Å²) in [4.78, 5) is 24.3. The Morgan fingerprint density at radius 3 is 2.21 bits per heavy atom. The van der Waals surface area contributed by atoms with Gasteiger partial charge in [0.05, 0.1) is 12.8 Å². The number of carbonyl (C=O) groups is 2.